The summed E-state index contributed by atoms with van der Waals surface area (Å²) >= 11 is 0. The van der Waals surface area contributed by atoms with Gasteiger partial charge in [0.05, 0.1) is 6.54 Å². The predicted octanol–water partition coefficient (Wildman–Crippen LogP) is 2.75. The third kappa shape index (κ3) is 4.89. The minimum absolute atomic E-state index is 0.0433. The molecule has 0 unspecified atom stereocenters. The van der Waals surface area contributed by atoms with E-state index in [2.05, 4.69) is 36.6 Å². The second-order valence-corrected chi connectivity index (χ2v) is 4.48. The van der Waals surface area contributed by atoms with Crippen LogP contribution in [0.1, 0.15) is 38.7 Å². The minimum Gasteiger partial charge on any atom is -0.376 e. The molecule has 1 aromatic carbocycles. The summed E-state index contributed by atoms with van der Waals surface area (Å²) in [6, 6.07) is 8.20. The summed E-state index contributed by atoms with van der Waals surface area (Å²) < 4.78 is 0. The van der Waals surface area contributed by atoms with Crippen molar-refractivity contribution in [1.82, 2.24) is 5.32 Å². The average Bonchev–Trinajstić information content (AvgIpc) is 2.34. The molecule has 94 valence electrons. The molecule has 0 bridgehead atoms. The summed E-state index contributed by atoms with van der Waals surface area (Å²) in [4.78, 5) is 11.4. The topological polar surface area (TPSA) is 41.1 Å². The number of nitrogens with one attached hydrogen (secondary N) is 2. The fourth-order valence-corrected chi connectivity index (χ4v) is 1.52. The molecular weight excluding hydrogens is 212 g/mol. The monoisotopic (exact) mass is 234 g/mol. The highest BCUT2D eigenvalue weighted by molar-refractivity contribution is 5.80. The molecular formula is C14H22N2O. The van der Waals surface area contributed by atoms with E-state index in [0.717, 1.165) is 18.7 Å². The Morgan fingerprint density at radius 3 is 2.76 bits per heavy atom. The van der Waals surface area contributed by atoms with Crippen molar-refractivity contribution in [3.63, 3.8) is 0 Å². The Labute approximate surface area is 104 Å². The number of rotatable bonds is 6. The minimum atomic E-state index is 0.0433. The Hall–Kier alpha value is -1.51. The Morgan fingerprint density at radius 2 is 2.12 bits per heavy atom. The number of anilines is 1. The van der Waals surface area contributed by atoms with Crippen molar-refractivity contribution in [2.24, 2.45) is 0 Å². The van der Waals surface area contributed by atoms with E-state index < -0.39 is 0 Å². The van der Waals surface area contributed by atoms with E-state index in [0.29, 0.717) is 12.5 Å². The molecule has 0 heterocycles. The van der Waals surface area contributed by atoms with Gasteiger partial charge in [0.25, 0.3) is 0 Å². The molecule has 17 heavy (non-hydrogen) atoms. The molecule has 0 atom stereocenters. The van der Waals surface area contributed by atoms with Gasteiger partial charge in [-0.1, -0.05) is 32.9 Å². The summed E-state index contributed by atoms with van der Waals surface area (Å²) in [5.74, 6) is 0.549. The molecule has 2 N–H and O–H groups in total. The van der Waals surface area contributed by atoms with E-state index in [-0.39, 0.29) is 5.91 Å². The lowest BCUT2D eigenvalue weighted by Crippen LogP contribution is -2.30. The van der Waals surface area contributed by atoms with Crippen LogP contribution < -0.4 is 10.6 Å². The molecule has 1 amide bonds. The predicted molar refractivity (Wildman–Crippen MR) is 72.3 cm³/mol. The molecule has 0 fully saturated rings. The molecule has 1 aromatic rings. The van der Waals surface area contributed by atoms with Gasteiger partial charge in [-0.15, -0.1) is 0 Å². The normalized spacial score (nSPS) is 10.4. The van der Waals surface area contributed by atoms with Crippen LogP contribution in [0.25, 0.3) is 0 Å². The maximum atomic E-state index is 11.4. The smallest absolute Gasteiger partial charge is 0.239 e. The summed E-state index contributed by atoms with van der Waals surface area (Å²) in [6.45, 7) is 7.44. The molecule has 0 aliphatic heterocycles. The number of carbonyl (C=O) groups excluding carboxylic acids is 1. The van der Waals surface area contributed by atoms with Gasteiger partial charge < -0.3 is 10.6 Å². The van der Waals surface area contributed by atoms with Crippen LogP contribution in [0.5, 0.6) is 0 Å². The standard InChI is InChI=1S/C14H22N2O/c1-4-8-15-14(17)10-16-13-7-5-6-12(9-13)11(2)3/h5-7,9,11,16H,4,8,10H2,1-3H3,(H,15,17). The molecule has 0 aromatic heterocycles. The van der Waals surface area contributed by atoms with E-state index >= 15 is 0 Å². The Bertz CT molecular complexity index is 361. The zero-order valence-electron chi connectivity index (χ0n) is 10.9. The molecule has 0 radical (unpaired) electrons. The number of carbonyl (C=O) groups is 1. The molecule has 3 nitrogen and oxygen atoms in total. The number of hydrogen-bond donors (Lipinski definition) is 2. The molecule has 0 saturated heterocycles. The first kappa shape index (κ1) is 13.6. The van der Waals surface area contributed by atoms with Gasteiger partial charge in [0.2, 0.25) is 5.91 Å². The van der Waals surface area contributed by atoms with Gasteiger partial charge in [-0.2, -0.15) is 0 Å². The van der Waals surface area contributed by atoms with Gasteiger partial charge in [-0.05, 0) is 30.0 Å². The first-order valence-electron chi connectivity index (χ1n) is 6.24. The van der Waals surface area contributed by atoms with E-state index in [4.69, 9.17) is 0 Å². The maximum Gasteiger partial charge on any atom is 0.239 e. The fraction of sp³-hybridized carbons (Fsp3) is 0.500. The Morgan fingerprint density at radius 1 is 1.35 bits per heavy atom. The van der Waals surface area contributed by atoms with Gasteiger partial charge in [0.1, 0.15) is 0 Å². The van der Waals surface area contributed by atoms with E-state index in [1.807, 2.05) is 19.1 Å². The number of benzene rings is 1. The van der Waals surface area contributed by atoms with Gasteiger partial charge in [0, 0.05) is 12.2 Å². The highest BCUT2D eigenvalue weighted by atomic mass is 16.1. The summed E-state index contributed by atoms with van der Waals surface area (Å²) in [5.41, 5.74) is 2.28. The summed E-state index contributed by atoms with van der Waals surface area (Å²) in [5, 5.41) is 5.98. The van der Waals surface area contributed by atoms with Gasteiger partial charge in [-0.25, -0.2) is 0 Å². The second kappa shape index (κ2) is 6.94. The van der Waals surface area contributed by atoms with Crippen LogP contribution in [0, 0.1) is 0 Å². The number of amides is 1. The van der Waals surface area contributed by atoms with Crippen molar-refractivity contribution < 1.29 is 4.79 Å². The van der Waals surface area contributed by atoms with Crippen molar-refractivity contribution in [2.45, 2.75) is 33.1 Å². The van der Waals surface area contributed by atoms with Crippen molar-refractivity contribution in [3.05, 3.63) is 29.8 Å². The van der Waals surface area contributed by atoms with Gasteiger partial charge in [0.15, 0.2) is 0 Å². The molecule has 1 rings (SSSR count). The zero-order valence-corrected chi connectivity index (χ0v) is 10.9. The number of hydrogen-bond acceptors (Lipinski definition) is 2. The lowest BCUT2D eigenvalue weighted by atomic mass is 10.0. The van der Waals surface area contributed by atoms with Crippen LogP contribution >= 0.6 is 0 Å². The summed E-state index contributed by atoms with van der Waals surface area (Å²) in [7, 11) is 0. The quantitative estimate of drug-likeness (QED) is 0.794. The van der Waals surface area contributed by atoms with Crippen LogP contribution in [-0.2, 0) is 4.79 Å². The SMILES string of the molecule is CCCNC(=O)CNc1cccc(C(C)C)c1. The zero-order chi connectivity index (χ0) is 12.7. The lowest BCUT2D eigenvalue weighted by Gasteiger charge is -2.10. The molecule has 0 spiro atoms. The average molecular weight is 234 g/mol. The first-order chi connectivity index (χ1) is 8.13. The second-order valence-electron chi connectivity index (χ2n) is 4.48. The highest BCUT2D eigenvalue weighted by Crippen LogP contribution is 2.18. The first-order valence-corrected chi connectivity index (χ1v) is 6.24. The molecule has 0 saturated carbocycles. The molecule has 3 heteroatoms. The summed E-state index contributed by atoms with van der Waals surface area (Å²) in [6.07, 6.45) is 0.967. The maximum absolute atomic E-state index is 11.4. The van der Waals surface area contributed by atoms with E-state index in [9.17, 15) is 4.79 Å². The van der Waals surface area contributed by atoms with Crippen molar-refractivity contribution in [2.75, 3.05) is 18.4 Å². The Balaban J connectivity index is 2.46. The lowest BCUT2D eigenvalue weighted by molar-refractivity contribution is -0.119. The largest absolute Gasteiger partial charge is 0.376 e. The fourth-order valence-electron chi connectivity index (χ4n) is 1.52. The van der Waals surface area contributed by atoms with E-state index in [1.165, 1.54) is 5.56 Å². The van der Waals surface area contributed by atoms with E-state index in [1.54, 1.807) is 0 Å². The van der Waals surface area contributed by atoms with Crippen LogP contribution in [0.15, 0.2) is 24.3 Å². The van der Waals surface area contributed by atoms with Crippen LogP contribution in [0.2, 0.25) is 0 Å². The van der Waals surface area contributed by atoms with Crippen LogP contribution in [0.4, 0.5) is 5.69 Å². The molecule has 0 aliphatic rings. The highest BCUT2D eigenvalue weighted by Gasteiger charge is 2.02. The van der Waals surface area contributed by atoms with Crippen molar-refractivity contribution in [3.8, 4) is 0 Å². The third-order valence-electron chi connectivity index (χ3n) is 2.58. The Kier molecular flexibility index (Phi) is 5.53. The molecule has 0 aliphatic carbocycles. The van der Waals surface area contributed by atoms with Crippen LogP contribution in [-0.4, -0.2) is 19.0 Å². The van der Waals surface area contributed by atoms with Crippen molar-refractivity contribution in [1.29, 1.82) is 0 Å². The van der Waals surface area contributed by atoms with Crippen molar-refractivity contribution >= 4 is 11.6 Å². The van der Waals surface area contributed by atoms with Gasteiger partial charge >= 0.3 is 0 Å². The van der Waals surface area contributed by atoms with Crippen LogP contribution in [0.3, 0.4) is 0 Å². The van der Waals surface area contributed by atoms with Gasteiger partial charge in [-0.3, -0.25) is 4.79 Å². The third-order valence-corrected chi connectivity index (χ3v) is 2.58.